The summed E-state index contributed by atoms with van der Waals surface area (Å²) in [5.74, 6) is 0.783. The molecule has 8 heteroatoms. The van der Waals surface area contributed by atoms with Crippen molar-refractivity contribution < 1.29 is 4.79 Å². The fourth-order valence-electron chi connectivity index (χ4n) is 3.16. The number of anilines is 1. The molecule has 2 atom stereocenters. The molecule has 126 valence electrons. The first kappa shape index (κ1) is 16.5. The molecule has 1 saturated heterocycles. The lowest BCUT2D eigenvalue weighted by Gasteiger charge is -2.41. The SMILES string of the molecule is C[C@@H]1CCN(C(=O)CC#N)C[C@@H]1N(C)c1nc(Cl)c2cc[nH]c2n1. The smallest absolute Gasteiger partial charge is 0.236 e. The number of carbonyl (C=O) groups excluding carboxylic acids is 1. The number of hydrogen-bond acceptors (Lipinski definition) is 5. The molecule has 0 spiro atoms. The van der Waals surface area contributed by atoms with Crippen LogP contribution in [-0.2, 0) is 4.79 Å². The van der Waals surface area contributed by atoms with E-state index >= 15 is 0 Å². The van der Waals surface area contributed by atoms with E-state index in [-0.39, 0.29) is 18.4 Å². The maximum absolute atomic E-state index is 12.0. The molecule has 1 aliphatic heterocycles. The number of likely N-dealkylation sites (N-methyl/N-ethyl adjacent to an activating group) is 1. The molecule has 3 rings (SSSR count). The van der Waals surface area contributed by atoms with Crippen molar-refractivity contribution in [2.24, 2.45) is 5.92 Å². The summed E-state index contributed by atoms with van der Waals surface area (Å²) in [5, 5.41) is 9.93. The molecule has 3 heterocycles. The van der Waals surface area contributed by atoms with Crippen molar-refractivity contribution in [2.75, 3.05) is 25.0 Å². The molecule has 0 aliphatic carbocycles. The molecule has 0 radical (unpaired) electrons. The molecule has 24 heavy (non-hydrogen) atoms. The number of halogens is 1. The molecular formula is C16H19ClN6O. The quantitative estimate of drug-likeness (QED) is 0.860. The number of aromatic nitrogens is 3. The molecule has 1 fully saturated rings. The number of hydrogen-bond donors (Lipinski definition) is 1. The number of nitrogens with one attached hydrogen (secondary N) is 1. The topological polar surface area (TPSA) is 88.9 Å². The number of nitriles is 1. The van der Waals surface area contributed by atoms with E-state index in [0.717, 1.165) is 11.8 Å². The van der Waals surface area contributed by atoms with Gasteiger partial charge in [0.1, 0.15) is 17.2 Å². The van der Waals surface area contributed by atoms with Gasteiger partial charge in [-0.2, -0.15) is 10.2 Å². The highest BCUT2D eigenvalue weighted by Crippen LogP contribution is 2.27. The van der Waals surface area contributed by atoms with Gasteiger partial charge < -0.3 is 14.8 Å². The highest BCUT2D eigenvalue weighted by Gasteiger charge is 2.32. The Morgan fingerprint density at radius 2 is 2.38 bits per heavy atom. The predicted molar refractivity (Wildman–Crippen MR) is 91.7 cm³/mol. The van der Waals surface area contributed by atoms with Gasteiger partial charge in [0.15, 0.2) is 0 Å². The number of amides is 1. The molecule has 1 aliphatic rings. The van der Waals surface area contributed by atoms with Gasteiger partial charge in [-0.25, -0.2) is 4.98 Å². The van der Waals surface area contributed by atoms with Gasteiger partial charge in [0.25, 0.3) is 0 Å². The second-order valence-corrected chi connectivity index (χ2v) is 6.53. The second-order valence-electron chi connectivity index (χ2n) is 6.17. The monoisotopic (exact) mass is 346 g/mol. The largest absolute Gasteiger partial charge is 0.346 e. The van der Waals surface area contributed by atoms with Crippen LogP contribution in [0.15, 0.2) is 12.3 Å². The zero-order valence-corrected chi connectivity index (χ0v) is 14.4. The first-order valence-corrected chi connectivity index (χ1v) is 8.27. The first-order chi connectivity index (χ1) is 11.5. The van der Waals surface area contributed by atoms with Crippen molar-refractivity contribution in [2.45, 2.75) is 25.8 Å². The summed E-state index contributed by atoms with van der Waals surface area (Å²) in [4.78, 5) is 27.7. The zero-order valence-electron chi connectivity index (χ0n) is 13.7. The van der Waals surface area contributed by atoms with Crippen LogP contribution in [0.3, 0.4) is 0 Å². The molecule has 1 N–H and O–H groups in total. The Morgan fingerprint density at radius 1 is 1.58 bits per heavy atom. The van der Waals surface area contributed by atoms with Crippen LogP contribution in [-0.4, -0.2) is 51.9 Å². The summed E-state index contributed by atoms with van der Waals surface area (Å²) in [6.07, 6.45) is 2.58. The third-order valence-corrected chi connectivity index (χ3v) is 4.96. The predicted octanol–water partition coefficient (Wildman–Crippen LogP) is 2.20. The average molecular weight is 347 g/mol. The van der Waals surface area contributed by atoms with Crippen LogP contribution in [0.2, 0.25) is 5.15 Å². The lowest BCUT2D eigenvalue weighted by Crippen LogP contribution is -2.53. The van der Waals surface area contributed by atoms with Crippen molar-refractivity contribution in [1.29, 1.82) is 5.26 Å². The van der Waals surface area contributed by atoms with Crippen molar-refractivity contribution >= 4 is 34.5 Å². The second kappa shape index (κ2) is 6.65. The number of piperidine rings is 1. The molecule has 0 aromatic carbocycles. The average Bonchev–Trinajstić information content (AvgIpc) is 3.04. The summed E-state index contributed by atoms with van der Waals surface area (Å²) in [7, 11) is 1.92. The van der Waals surface area contributed by atoms with Crippen molar-refractivity contribution in [3.8, 4) is 6.07 Å². The highest BCUT2D eigenvalue weighted by molar-refractivity contribution is 6.34. The summed E-state index contributed by atoms with van der Waals surface area (Å²) in [5.41, 5.74) is 0.692. The van der Waals surface area contributed by atoms with Gasteiger partial charge in [-0.15, -0.1) is 0 Å². The molecule has 0 bridgehead atoms. The number of likely N-dealkylation sites (tertiary alicyclic amines) is 1. The maximum atomic E-state index is 12.0. The van der Waals surface area contributed by atoms with Crippen molar-refractivity contribution in [3.63, 3.8) is 0 Å². The molecule has 0 saturated carbocycles. The van der Waals surface area contributed by atoms with Crippen LogP contribution in [0, 0.1) is 17.2 Å². The molecule has 7 nitrogen and oxygen atoms in total. The molecule has 0 unspecified atom stereocenters. The van der Waals surface area contributed by atoms with E-state index in [2.05, 4.69) is 21.9 Å². The van der Waals surface area contributed by atoms with Gasteiger partial charge in [0.05, 0.1) is 17.5 Å². The number of H-pyrrole nitrogens is 1. The van der Waals surface area contributed by atoms with E-state index in [1.807, 2.05) is 24.1 Å². The Labute approximate surface area is 145 Å². The van der Waals surface area contributed by atoms with Gasteiger partial charge >= 0.3 is 0 Å². The molecule has 2 aromatic rings. The molecular weight excluding hydrogens is 328 g/mol. The van der Waals surface area contributed by atoms with Crippen LogP contribution in [0.25, 0.3) is 11.0 Å². The summed E-state index contributed by atoms with van der Waals surface area (Å²) < 4.78 is 0. The normalized spacial score (nSPS) is 20.8. The molecule has 1 amide bonds. The highest BCUT2D eigenvalue weighted by atomic mass is 35.5. The number of aromatic amines is 1. The van der Waals surface area contributed by atoms with Crippen LogP contribution in [0.1, 0.15) is 19.8 Å². The third kappa shape index (κ3) is 3.02. The first-order valence-electron chi connectivity index (χ1n) is 7.89. The van der Waals surface area contributed by atoms with E-state index in [9.17, 15) is 4.79 Å². The fourth-order valence-corrected chi connectivity index (χ4v) is 3.39. The summed E-state index contributed by atoms with van der Waals surface area (Å²) in [6, 6.07) is 3.84. The number of nitrogens with zero attached hydrogens (tertiary/aromatic N) is 5. The van der Waals surface area contributed by atoms with E-state index in [4.69, 9.17) is 16.9 Å². The third-order valence-electron chi connectivity index (χ3n) is 4.67. The van der Waals surface area contributed by atoms with E-state index < -0.39 is 0 Å². The van der Waals surface area contributed by atoms with Gasteiger partial charge in [-0.3, -0.25) is 4.79 Å². The number of carbonyl (C=O) groups is 1. The van der Waals surface area contributed by atoms with Crippen molar-refractivity contribution in [1.82, 2.24) is 19.9 Å². The Balaban J connectivity index is 1.84. The fraction of sp³-hybridized carbons (Fsp3) is 0.500. The standard InChI is InChI=1S/C16H19ClN6O/c1-10-5-8-23(13(24)3-6-18)9-12(10)22(2)16-20-14(17)11-4-7-19-15(11)21-16/h4,7,10,12H,3,5,8-9H2,1-2H3,(H,19,20,21)/t10-,12+/m1/s1. The van der Waals surface area contributed by atoms with Gasteiger partial charge in [0.2, 0.25) is 11.9 Å². The Bertz CT molecular complexity index is 797. The summed E-state index contributed by atoms with van der Waals surface area (Å²) >= 11 is 6.24. The minimum Gasteiger partial charge on any atom is -0.346 e. The van der Waals surface area contributed by atoms with Crippen LogP contribution in [0.5, 0.6) is 0 Å². The summed E-state index contributed by atoms with van der Waals surface area (Å²) in [6.45, 7) is 3.40. The van der Waals surface area contributed by atoms with Crippen LogP contribution >= 0.6 is 11.6 Å². The molecule has 2 aromatic heterocycles. The zero-order chi connectivity index (χ0) is 17.3. The van der Waals surface area contributed by atoms with Crippen LogP contribution < -0.4 is 4.90 Å². The lowest BCUT2D eigenvalue weighted by atomic mass is 9.92. The minimum atomic E-state index is -0.124. The van der Waals surface area contributed by atoms with Gasteiger partial charge in [-0.05, 0) is 18.4 Å². The van der Waals surface area contributed by atoms with E-state index in [1.54, 1.807) is 11.1 Å². The Morgan fingerprint density at radius 3 is 3.12 bits per heavy atom. The number of fused-ring (bicyclic) bond motifs is 1. The maximum Gasteiger partial charge on any atom is 0.236 e. The van der Waals surface area contributed by atoms with E-state index in [1.165, 1.54) is 0 Å². The Hall–Kier alpha value is -2.33. The van der Waals surface area contributed by atoms with Crippen molar-refractivity contribution in [3.05, 3.63) is 17.4 Å². The van der Waals surface area contributed by atoms with Crippen LogP contribution in [0.4, 0.5) is 5.95 Å². The van der Waals surface area contributed by atoms with E-state index in [0.29, 0.717) is 35.8 Å². The van der Waals surface area contributed by atoms with Gasteiger partial charge in [0, 0.05) is 26.3 Å². The number of rotatable bonds is 3. The lowest BCUT2D eigenvalue weighted by molar-refractivity contribution is -0.131. The van der Waals surface area contributed by atoms with Gasteiger partial charge in [-0.1, -0.05) is 18.5 Å². The minimum absolute atomic E-state index is 0.0740. The Kier molecular flexibility index (Phi) is 4.58.